The van der Waals surface area contributed by atoms with Crippen LogP contribution in [0.4, 0.5) is 37.7 Å². The molecule has 286 valence electrons. The number of hydrogen-bond acceptors (Lipinski definition) is 8. The van der Waals surface area contributed by atoms with E-state index in [1.165, 1.54) is 16.9 Å². The number of allylic oxidation sites excluding steroid dienone is 6. The van der Waals surface area contributed by atoms with Gasteiger partial charge in [0.05, 0.1) is 22.5 Å². The van der Waals surface area contributed by atoms with Crippen LogP contribution < -0.4 is 9.62 Å². The summed E-state index contributed by atoms with van der Waals surface area (Å²) in [7, 11) is -12.2. The molecular weight excluding hydrogens is 739 g/mol. The average Bonchev–Trinajstić information content (AvgIpc) is 3.28. The highest BCUT2D eigenvalue weighted by Gasteiger charge is 2.52. The summed E-state index contributed by atoms with van der Waals surface area (Å²) in [6.45, 7) is 18.4. The van der Waals surface area contributed by atoms with Gasteiger partial charge in [-0.05, 0) is 77.0 Å². The number of Topliss-reactive ketones (excluding diaryl/α,β-unsaturated/α-hetero) is 1. The highest BCUT2D eigenvalue weighted by atomic mass is 32.2. The Kier molecular flexibility index (Phi) is 8.98. The Bertz CT molecular complexity index is 2160. The Balaban J connectivity index is 1.83. The Morgan fingerprint density at radius 1 is 0.827 bits per heavy atom. The summed E-state index contributed by atoms with van der Waals surface area (Å²) in [4.78, 5) is 17.8. The number of anilines is 2. The van der Waals surface area contributed by atoms with Crippen molar-refractivity contribution in [1.29, 1.82) is 0 Å². The predicted octanol–water partition coefficient (Wildman–Crippen LogP) is 7.24. The van der Waals surface area contributed by atoms with Crippen LogP contribution in [0.1, 0.15) is 80.4 Å². The normalized spacial score (nSPS) is 25.5. The maximum atomic E-state index is 14.1. The first kappa shape index (κ1) is 39.4. The van der Waals surface area contributed by atoms with Crippen molar-refractivity contribution in [3.05, 3.63) is 63.6 Å². The van der Waals surface area contributed by atoms with E-state index in [1.54, 1.807) is 0 Å². The van der Waals surface area contributed by atoms with Crippen molar-refractivity contribution in [2.24, 2.45) is 9.81 Å². The maximum absolute atomic E-state index is 14.1. The number of benzene rings is 1. The van der Waals surface area contributed by atoms with E-state index in [0.717, 1.165) is 12.1 Å². The molecule has 2 N–H and O–H groups in total. The van der Waals surface area contributed by atoms with Gasteiger partial charge < -0.3 is 14.9 Å². The molecular formula is C34H40F6N4O6S2. The average molecular weight is 779 g/mol. The topological polar surface area (TPSA) is 136 Å². The van der Waals surface area contributed by atoms with Crippen LogP contribution in [0, 0.1) is 5.41 Å². The van der Waals surface area contributed by atoms with Crippen LogP contribution in [-0.2, 0) is 30.3 Å². The van der Waals surface area contributed by atoms with Crippen molar-refractivity contribution >= 4 is 48.5 Å². The first-order chi connectivity index (χ1) is 23.4. The minimum Gasteiger partial charge on any atom is -0.506 e. The minimum absolute atomic E-state index is 0.195. The van der Waals surface area contributed by atoms with Gasteiger partial charge in [0.15, 0.2) is 0 Å². The Hall–Kier alpha value is -3.80. The summed E-state index contributed by atoms with van der Waals surface area (Å²) < 4.78 is 136. The van der Waals surface area contributed by atoms with E-state index in [-0.39, 0.29) is 24.2 Å². The van der Waals surface area contributed by atoms with Gasteiger partial charge in [0.25, 0.3) is 0 Å². The molecule has 1 saturated heterocycles. The molecule has 2 atom stereocenters. The summed E-state index contributed by atoms with van der Waals surface area (Å²) in [5.41, 5.74) is -14.8. The molecule has 0 spiro atoms. The van der Waals surface area contributed by atoms with Gasteiger partial charge in [0, 0.05) is 57.5 Å². The lowest BCUT2D eigenvalue weighted by Crippen LogP contribution is -2.42. The second-order valence-electron chi connectivity index (χ2n) is 15.1. The molecule has 2 heterocycles. The molecule has 4 aliphatic rings. The lowest BCUT2D eigenvalue weighted by molar-refractivity contribution is -0.111. The van der Waals surface area contributed by atoms with E-state index in [2.05, 4.69) is 4.40 Å². The summed E-state index contributed by atoms with van der Waals surface area (Å²) in [6.07, 6.45) is 2.40. The third kappa shape index (κ3) is 5.74. The van der Waals surface area contributed by atoms with Crippen molar-refractivity contribution in [2.75, 3.05) is 9.62 Å². The molecule has 5 rings (SSSR count). The quantitative estimate of drug-likeness (QED) is 0.228. The van der Waals surface area contributed by atoms with Gasteiger partial charge in [-0.15, -0.1) is 0 Å². The number of carbonyl (C=O) groups excluding carboxylic acids is 1. The number of aliphatic hydroxyl groups is 1. The lowest BCUT2D eigenvalue weighted by atomic mass is 9.74. The molecule has 1 aromatic carbocycles. The fourth-order valence-electron chi connectivity index (χ4n) is 7.49. The van der Waals surface area contributed by atoms with Crippen molar-refractivity contribution in [3.63, 3.8) is 0 Å². The summed E-state index contributed by atoms with van der Waals surface area (Å²) in [6, 6.07) is 1.55. The maximum Gasteiger partial charge on any atom is 0.518 e. The molecule has 0 aromatic heterocycles. The number of nitrogens with zero attached hydrogens (tertiary/aromatic N) is 3. The SMILES string of the molecule is CC(C)N1C2=CC(=NS(=O)(=O)C(F)(F)F)C(=C3C(=O)C(c4cc5c(cc4NS(=O)(=O)C(F)(F)F)N(C(C)C)C(C)C5(C)C)=C3O)C=C2C(C)(C)C1C. The summed E-state index contributed by atoms with van der Waals surface area (Å²) in [5, 5.41) is 11.5. The molecule has 0 bridgehead atoms. The number of fused-ring (bicyclic) bond motifs is 2. The Morgan fingerprint density at radius 3 is 1.85 bits per heavy atom. The zero-order valence-corrected chi connectivity index (χ0v) is 31.7. The van der Waals surface area contributed by atoms with E-state index < -0.39 is 87.1 Å². The second kappa shape index (κ2) is 11.9. The Labute approximate surface area is 298 Å². The molecule has 2 aliphatic carbocycles. The van der Waals surface area contributed by atoms with Crippen molar-refractivity contribution in [2.45, 2.75) is 110 Å². The van der Waals surface area contributed by atoms with Crippen LogP contribution in [-0.4, -0.2) is 73.5 Å². The number of nitrogens with one attached hydrogen (secondary N) is 1. The number of rotatable bonds is 6. The molecule has 52 heavy (non-hydrogen) atoms. The van der Waals surface area contributed by atoms with Crippen molar-refractivity contribution in [3.8, 4) is 0 Å². The zero-order chi connectivity index (χ0) is 39.6. The van der Waals surface area contributed by atoms with E-state index >= 15 is 0 Å². The number of ketones is 1. The van der Waals surface area contributed by atoms with Crippen LogP contribution in [0.3, 0.4) is 0 Å². The van der Waals surface area contributed by atoms with Crippen molar-refractivity contribution < 1.29 is 53.1 Å². The number of alkyl halides is 6. The van der Waals surface area contributed by atoms with Crippen LogP contribution in [0.5, 0.6) is 0 Å². The van der Waals surface area contributed by atoms with E-state index in [4.69, 9.17) is 0 Å². The molecule has 10 nitrogen and oxygen atoms in total. The fourth-order valence-corrected chi connectivity index (χ4v) is 8.58. The predicted molar refractivity (Wildman–Crippen MR) is 186 cm³/mol. The molecule has 0 amide bonds. The summed E-state index contributed by atoms with van der Waals surface area (Å²) >= 11 is 0. The summed E-state index contributed by atoms with van der Waals surface area (Å²) in [5.74, 6) is -1.98. The smallest absolute Gasteiger partial charge is 0.506 e. The molecule has 0 saturated carbocycles. The highest BCUT2D eigenvalue weighted by molar-refractivity contribution is 7.93. The van der Waals surface area contributed by atoms with Crippen LogP contribution in [0.15, 0.2) is 56.9 Å². The van der Waals surface area contributed by atoms with Gasteiger partial charge in [-0.3, -0.25) is 9.52 Å². The van der Waals surface area contributed by atoms with Gasteiger partial charge in [0.1, 0.15) is 5.76 Å². The minimum atomic E-state index is -6.17. The number of hydrogen-bond donors (Lipinski definition) is 2. The third-order valence-electron chi connectivity index (χ3n) is 10.8. The molecule has 1 fully saturated rings. The number of carbonyl (C=O) groups is 1. The number of halogens is 6. The fraction of sp³-hybridized carbons (Fsp3) is 0.529. The second-order valence-corrected chi connectivity index (χ2v) is 18.4. The Morgan fingerprint density at radius 2 is 1.37 bits per heavy atom. The van der Waals surface area contributed by atoms with Gasteiger partial charge in [-0.1, -0.05) is 27.7 Å². The molecule has 2 unspecified atom stereocenters. The number of aliphatic hydroxyl groups excluding tert-OH is 1. The van der Waals surface area contributed by atoms with E-state index in [1.807, 2.05) is 79.0 Å². The zero-order valence-electron chi connectivity index (χ0n) is 30.0. The number of sulfonamides is 2. The van der Waals surface area contributed by atoms with E-state index in [0.29, 0.717) is 22.5 Å². The van der Waals surface area contributed by atoms with Gasteiger partial charge in [-0.2, -0.15) is 47.6 Å². The van der Waals surface area contributed by atoms with Crippen LogP contribution >= 0.6 is 0 Å². The largest absolute Gasteiger partial charge is 0.518 e. The van der Waals surface area contributed by atoms with Crippen LogP contribution in [0.2, 0.25) is 0 Å². The first-order valence-corrected chi connectivity index (χ1v) is 19.3. The van der Waals surface area contributed by atoms with Crippen LogP contribution in [0.25, 0.3) is 5.57 Å². The molecule has 18 heteroatoms. The van der Waals surface area contributed by atoms with Crippen molar-refractivity contribution in [1.82, 2.24) is 4.90 Å². The van der Waals surface area contributed by atoms with E-state index in [9.17, 15) is 53.1 Å². The third-order valence-corrected chi connectivity index (χ3v) is 12.9. The number of likely N-dealkylation sites (tertiary alicyclic amines) is 1. The van der Waals surface area contributed by atoms with Gasteiger partial charge in [-0.25, -0.2) is 0 Å². The van der Waals surface area contributed by atoms with Gasteiger partial charge >= 0.3 is 31.1 Å². The molecule has 0 radical (unpaired) electrons. The standard InChI is InChI=1S/C34H40F6N4O6S2/c1-15(2)43-17(5)31(7,8)21-11-19(23(13-25(21)43)41-51(47,48)33(35,36)37)27-29(45)28(30(27)46)20-12-22-26(44(16(3)4)18(6)32(22,9)10)14-24(20)42-52(49,50)34(38,39)40/h11-18,41,45H,1-10H3. The lowest BCUT2D eigenvalue weighted by Gasteiger charge is -2.34. The molecule has 2 aliphatic heterocycles. The highest BCUT2D eigenvalue weighted by Crippen LogP contribution is 2.54. The first-order valence-electron chi connectivity index (χ1n) is 16.3. The monoisotopic (exact) mass is 778 g/mol. The van der Waals surface area contributed by atoms with Gasteiger partial charge in [0.2, 0.25) is 5.78 Å². The molecule has 1 aromatic rings.